The number of amides is 2. The average molecular weight is 315 g/mol. The molecule has 2 amide bonds. The monoisotopic (exact) mass is 314 g/mol. The summed E-state index contributed by atoms with van der Waals surface area (Å²) in [6.07, 6.45) is 1.64. The lowest BCUT2D eigenvalue weighted by molar-refractivity contribution is -0.127. The molecule has 5 nitrogen and oxygen atoms in total. The van der Waals surface area contributed by atoms with Gasteiger partial charge in [-0.15, -0.1) is 0 Å². The van der Waals surface area contributed by atoms with Gasteiger partial charge in [0.25, 0.3) is 0 Å². The Morgan fingerprint density at radius 2 is 2.19 bits per heavy atom. The number of halogens is 2. The molecule has 0 aromatic heterocycles. The maximum absolute atomic E-state index is 13.0. The summed E-state index contributed by atoms with van der Waals surface area (Å²) in [5.74, 6) is -1.43. The fourth-order valence-corrected chi connectivity index (χ4v) is 2.20. The molecule has 0 spiro atoms. The van der Waals surface area contributed by atoms with E-state index < -0.39 is 11.7 Å². The molecule has 1 unspecified atom stereocenters. The summed E-state index contributed by atoms with van der Waals surface area (Å²) in [7, 11) is 0. The van der Waals surface area contributed by atoms with Gasteiger partial charge in [0, 0.05) is 18.8 Å². The zero-order valence-electron chi connectivity index (χ0n) is 11.3. The van der Waals surface area contributed by atoms with Crippen molar-refractivity contribution in [1.82, 2.24) is 5.32 Å². The van der Waals surface area contributed by atoms with Crippen LogP contribution in [0.25, 0.3) is 0 Å². The van der Waals surface area contributed by atoms with Gasteiger partial charge in [-0.25, -0.2) is 4.39 Å². The van der Waals surface area contributed by atoms with Crippen LogP contribution in [0.3, 0.4) is 0 Å². The Labute approximate surface area is 126 Å². The smallest absolute Gasteiger partial charge is 0.233 e. The molecule has 1 aromatic rings. The lowest BCUT2D eigenvalue weighted by Crippen LogP contribution is -2.34. The lowest BCUT2D eigenvalue weighted by Gasteiger charge is -2.11. The predicted octanol–water partition coefficient (Wildman–Crippen LogP) is 2.10. The second-order valence-electron chi connectivity index (χ2n) is 4.79. The first-order chi connectivity index (χ1) is 10.0. The highest BCUT2D eigenvalue weighted by molar-refractivity contribution is 6.31. The summed E-state index contributed by atoms with van der Waals surface area (Å²) in [6, 6.07) is 3.82. The van der Waals surface area contributed by atoms with Gasteiger partial charge in [0.2, 0.25) is 11.8 Å². The van der Waals surface area contributed by atoms with Crippen LogP contribution >= 0.6 is 11.6 Å². The summed E-state index contributed by atoms with van der Waals surface area (Å²) in [5.41, 5.74) is 0.346. The number of rotatable bonds is 5. The third-order valence-electron chi connectivity index (χ3n) is 3.08. The van der Waals surface area contributed by atoms with Crippen molar-refractivity contribution in [3.05, 3.63) is 29.0 Å². The Hall–Kier alpha value is -1.66. The van der Waals surface area contributed by atoms with Crippen LogP contribution in [-0.4, -0.2) is 31.1 Å². The largest absolute Gasteiger partial charge is 0.376 e. The summed E-state index contributed by atoms with van der Waals surface area (Å²) < 4.78 is 18.3. The molecule has 2 rings (SSSR count). The van der Waals surface area contributed by atoms with E-state index in [1.807, 2.05) is 0 Å². The zero-order chi connectivity index (χ0) is 15.2. The van der Waals surface area contributed by atoms with Crippen molar-refractivity contribution >= 4 is 29.1 Å². The molecule has 1 aliphatic rings. The van der Waals surface area contributed by atoms with Crippen LogP contribution in [-0.2, 0) is 14.3 Å². The molecule has 0 bridgehead atoms. The van der Waals surface area contributed by atoms with E-state index >= 15 is 0 Å². The standard InChI is InChI=1S/C14H16ClFN2O3/c15-11-6-9(3-4-12(11)16)18-14(20)7-13(19)17-8-10-2-1-5-21-10/h3-4,6,10H,1-2,5,7-8H2,(H,17,19)(H,18,20). The van der Waals surface area contributed by atoms with Crippen molar-refractivity contribution in [2.45, 2.75) is 25.4 Å². The van der Waals surface area contributed by atoms with Crippen LogP contribution in [0.15, 0.2) is 18.2 Å². The molecule has 0 radical (unpaired) electrons. The Kier molecular flexibility index (Phi) is 5.52. The zero-order valence-corrected chi connectivity index (χ0v) is 12.1. The number of nitrogens with one attached hydrogen (secondary N) is 2. The average Bonchev–Trinajstić information content (AvgIpc) is 2.94. The van der Waals surface area contributed by atoms with Gasteiger partial charge in [0.05, 0.1) is 11.1 Å². The molecule has 1 aliphatic heterocycles. The Balaban J connectivity index is 1.75. The number of carbonyl (C=O) groups excluding carboxylic acids is 2. The van der Waals surface area contributed by atoms with Crippen molar-refractivity contribution in [1.29, 1.82) is 0 Å². The van der Waals surface area contributed by atoms with Crippen molar-refractivity contribution in [2.75, 3.05) is 18.5 Å². The second-order valence-corrected chi connectivity index (χ2v) is 5.20. The number of hydrogen-bond donors (Lipinski definition) is 2. The van der Waals surface area contributed by atoms with Gasteiger partial charge in [-0.05, 0) is 31.0 Å². The number of carbonyl (C=O) groups is 2. The normalized spacial score (nSPS) is 17.5. The Morgan fingerprint density at radius 1 is 1.38 bits per heavy atom. The fraction of sp³-hybridized carbons (Fsp3) is 0.429. The van der Waals surface area contributed by atoms with Gasteiger partial charge in [-0.2, -0.15) is 0 Å². The van der Waals surface area contributed by atoms with E-state index in [0.717, 1.165) is 18.9 Å². The van der Waals surface area contributed by atoms with Crippen molar-refractivity contribution in [3.63, 3.8) is 0 Å². The minimum absolute atomic E-state index is 0.0351. The number of benzene rings is 1. The minimum atomic E-state index is -0.566. The van der Waals surface area contributed by atoms with E-state index in [9.17, 15) is 14.0 Å². The van der Waals surface area contributed by atoms with Gasteiger partial charge in [-0.3, -0.25) is 9.59 Å². The van der Waals surface area contributed by atoms with E-state index in [2.05, 4.69) is 10.6 Å². The number of ether oxygens (including phenoxy) is 1. The molecule has 0 aliphatic carbocycles. The molecule has 1 heterocycles. The van der Waals surface area contributed by atoms with Crippen LogP contribution in [0.5, 0.6) is 0 Å². The molecule has 7 heteroatoms. The molecule has 21 heavy (non-hydrogen) atoms. The fourth-order valence-electron chi connectivity index (χ4n) is 2.02. The van der Waals surface area contributed by atoms with Crippen LogP contribution in [0, 0.1) is 5.82 Å². The molecule has 114 valence electrons. The van der Waals surface area contributed by atoms with Gasteiger partial charge < -0.3 is 15.4 Å². The van der Waals surface area contributed by atoms with Crippen LogP contribution in [0.1, 0.15) is 19.3 Å². The lowest BCUT2D eigenvalue weighted by atomic mass is 10.2. The van der Waals surface area contributed by atoms with E-state index in [1.165, 1.54) is 12.1 Å². The summed E-state index contributed by atoms with van der Waals surface area (Å²) >= 11 is 5.61. The Morgan fingerprint density at radius 3 is 2.86 bits per heavy atom. The third-order valence-corrected chi connectivity index (χ3v) is 3.37. The molecule has 1 fully saturated rings. The molecule has 1 atom stereocenters. The quantitative estimate of drug-likeness (QED) is 0.818. The molecular weight excluding hydrogens is 299 g/mol. The van der Waals surface area contributed by atoms with Crippen molar-refractivity contribution in [2.24, 2.45) is 0 Å². The third kappa shape index (κ3) is 4.99. The van der Waals surface area contributed by atoms with Crippen LogP contribution < -0.4 is 10.6 Å². The summed E-state index contributed by atoms with van der Waals surface area (Å²) in [5, 5.41) is 5.05. The van der Waals surface area contributed by atoms with Gasteiger partial charge in [-0.1, -0.05) is 11.6 Å². The first-order valence-corrected chi connectivity index (χ1v) is 7.05. The van der Waals surface area contributed by atoms with Crippen molar-refractivity contribution in [3.8, 4) is 0 Å². The molecule has 1 saturated heterocycles. The van der Waals surface area contributed by atoms with Crippen LogP contribution in [0.4, 0.5) is 10.1 Å². The van der Waals surface area contributed by atoms with E-state index in [0.29, 0.717) is 18.8 Å². The minimum Gasteiger partial charge on any atom is -0.376 e. The summed E-state index contributed by atoms with van der Waals surface area (Å²) in [4.78, 5) is 23.3. The van der Waals surface area contributed by atoms with Gasteiger partial charge >= 0.3 is 0 Å². The second kappa shape index (κ2) is 7.38. The number of hydrogen-bond acceptors (Lipinski definition) is 3. The first kappa shape index (κ1) is 15.7. The molecule has 0 saturated carbocycles. The van der Waals surface area contributed by atoms with E-state index in [4.69, 9.17) is 16.3 Å². The molecule has 2 N–H and O–H groups in total. The maximum Gasteiger partial charge on any atom is 0.233 e. The van der Waals surface area contributed by atoms with E-state index in [-0.39, 0.29) is 23.5 Å². The van der Waals surface area contributed by atoms with Gasteiger partial charge in [0.1, 0.15) is 12.2 Å². The molecule has 1 aromatic carbocycles. The Bertz CT molecular complexity index is 533. The maximum atomic E-state index is 13.0. The highest BCUT2D eigenvalue weighted by Crippen LogP contribution is 2.19. The summed E-state index contributed by atoms with van der Waals surface area (Å²) in [6.45, 7) is 1.13. The van der Waals surface area contributed by atoms with Crippen molar-refractivity contribution < 1.29 is 18.7 Å². The topological polar surface area (TPSA) is 67.4 Å². The molecular formula is C14H16ClFN2O3. The number of anilines is 1. The van der Waals surface area contributed by atoms with Crippen LogP contribution in [0.2, 0.25) is 5.02 Å². The SMILES string of the molecule is O=C(CC(=O)Nc1ccc(F)c(Cl)c1)NCC1CCCO1. The highest BCUT2D eigenvalue weighted by Gasteiger charge is 2.17. The highest BCUT2D eigenvalue weighted by atomic mass is 35.5. The first-order valence-electron chi connectivity index (χ1n) is 6.68. The predicted molar refractivity (Wildman–Crippen MR) is 76.6 cm³/mol. The van der Waals surface area contributed by atoms with Gasteiger partial charge in [0.15, 0.2) is 0 Å². The van der Waals surface area contributed by atoms with E-state index in [1.54, 1.807) is 0 Å².